The fourth-order valence-corrected chi connectivity index (χ4v) is 9.02. The SMILES string of the molecule is C#CCOCC(CC)(COCC(CC)(COCc1cn(CCCCCC(=O)O[C@]2(CC)C(=C)OCc3c2cc2n(c3=O)Cc3cc4ccccc4nc3-2)nn1)CC(C)C)COC(C)C. The number of terminal acetylenes is 1. The number of fused-ring (bicyclic) bond motifs is 5. The van der Waals surface area contributed by atoms with Gasteiger partial charge < -0.3 is 33.0 Å². The van der Waals surface area contributed by atoms with Crippen LogP contribution in [0.1, 0.15) is 122 Å². The zero-order valence-electron chi connectivity index (χ0n) is 39.2. The lowest BCUT2D eigenvalue weighted by atomic mass is 9.79. The largest absolute Gasteiger partial charge is 0.489 e. The molecule has 0 saturated heterocycles. The fourth-order valence-electron chi connectivity index (χ4n) is 9.02. The van der Waals surface area contributed by atoms with Crippen LogP contribution in [0.5, 0.6) is 0 Å². The van der Waals surface area contributed by atoms with Crippen molar-refractivity contribution in [3.8, 4) is 23.7 Å². The average molecular weight is 880 g/mol. The van der Waals surface area contributed by atoms with Gasteiger partial charge in [0, 0.05) is 40.3 Å². The van der Waals surface area contributed by atoms with Crippen molar-refractivity contribution in [1.29, 1.82) is 0 Å². The quantitative estimate of drug-likeness (QED) is 0.0299. The third-order valence-corrected chi connectivity index (χ3v) is 12.8. The minimum Gasteiger partial charge on any atom is -0.489 e. The molecule has 5 heterocycles. The van der Waals surface area contributed by atoms with Gasteiger partial charge in [-0.2, -0.15) is 0 Å². The van der Waals surface area contributed by atoms with Crippen molar-refractivity contribution in [3.05, 3.63) is 87.7 Å². The Morgan fingerprint density at radius 3 is 2.47 bits per heavy atom. The van der Waals surface area contributed by atoms with Crippen LogP contribution >= 0.6 is 0 Å². The van der Waals surface area contributed by atoms with Crippen molar-refractivity contribution in [2.45, 2.75) is 138 Å². The number of aryl methyl sites for hydroxylation is 1. The maximum Gasteiger partial charge on any atom is 0.307 e. The van der Waals surface area contributed by atoms with E-state index >= 15 is 0 Å². The van der Waals surface area contributed by atoms with Crippen LogP contribution in [0.25, 0.3) is 22.3 Å². The number of para-hydroxylation sites is 1. The first-order valence-electron chi connectivity index (χ1n) is 23.2. The first-order valence-corrected chi connectivity index (χ1v) is 23.2. The van der Waals surface area contributed by atoms with Gasteiger partial charge in [0.05, 0.1) is 81.0 Å². The topological polar surface area (TPSA) is 138 Å². The highest BCUT2D eigenvalue weighted by atomic mass is 16.6. The molecule has 0 bridgehead atoms. The minimum absolute atomic E-state index is 0.0710. The summed E-state index contributed by atoms with van der Waals surface area (Å²) in [7, 11) is 0. The van der Waals surface area contributed by atoms with Gasteiger partial charge in [-0.3, -0.25) is 14.3 Å². The van der Waals surface area contributed by atoms with E-state index in [-0.39, 0.29) is 48.1 Å². The van der Waals surface area contributed by atoms with E-state index in [1.165, 1.54) is 0 Å². The highest BCUT2D eigenvalue weighted by molar-refractivity contribution is 5.84. The summed E-state index contributed by atoms with van der Waals surface area (Å²) in [5, 5.41) is 9.75. The second-order valence-electron chi connectivity index (χ2n) is 18.5. The Hall–Kier alpha value is -4.87. The highest BCUT2D eigenvalue weighted by Crippen LogP contribution is 2.45. The maximum atomic E-state index is 14.0. The Balaban J connectivity index is 0.990. The standard InChI is InChI=1S/C51H69N5O8/c1-10-23-59-33-50(12-3,35-63-37(7)8)34-61-32-49(11-2,26-36(5)6)31-60-29-41-28-55(54-53-41)22-18-14-15-21-46(57)64-51(13-4)38(9)62-30-42-43(51)25-45-47-40(27-56(45)48(42)58)24-39-19-16-17-20-44(39)52-47/h1,16-17,19-20,24-25,28,36-37H,9,11-15,18,21-23,26-27,29-35H2,2-8H3/t49?,50?,51-/m1/s1. The van der Waals surface area contributed by atoms with Crippen LogP contribution in [-0.4, -0.2) is 76.3 Å². The molecule has 0 fully saturated rings. The van der Waals surface area contributed by atoms with Gasteiger partial charge in [0.1, 0.15) is 24.7 Å². The lowest BCUT2D eigenvalue weighted by Crippen LogP contribution is -2.42. The summed E-state index contributed by atoms with van der Waals surface area (Å²) in [5.74, 6) is 2.99. The molecular weight excluding hydrogens is 811 g/mol. The number of unbranched alkanes of at least 4 members (excludes halogenated alkanes) is 2. The average Bonchev–Trinajstić information content (AvgIpc) is 3.89. The fraction of sp³-hybridized carbons (Fsp3) is 0.588. The lowest BCUT2D eigenvalue weighted by Gasteiger charge is -2.39. The predicted molar refractivity (Wildman–Crippen MR) is 247 cm³/mol. The van der Waals surface area contributed by atoms with Crippen molar-refractivity contribution >= 4 is 16.9 Å². The van der Waals surface area contributed by atoms with Crippen LogP contribution in [0, 0.1) is 29.1 Å². The van der Waals surface area contributed by atoms with Gasteiger partial charge in [-0.15, -0.1) is 11.5 Å². The molecule has 2 aliphatic heterocycles. The zero-order valence-corrected chi connectivity index (χ0v) is 39.2. The van der Waals surface area contributed by atoms with E-state index in [0.717, 1.165) is 60.0 Å². The van der Waals surface area contributed by atoms with Crippen LogP contribution in [0.15, 0.2) is 59.7 Å². The maximum absolute atomic E-state index is 14.0. The summed E-state index contributed by atoms with van der Waals surface area (Å²) in [4.78, 5) is 32.4. The highest BCUT2D eigenvalue weighted by Gasteiger charge is 2.46. The molecule has 64 heavy (non-hydrogen) atoms. The van der Waals surface area contributed by atoms with Crippen LogP contribution in [-0.2, 0) is 65.1 Å². The number of hydrogen-bond acceptors (Lipinski definition) is 11. The monoisotopic (exact) mass is 880 g/mol. The smallest absolute Gasteiger partial charge is 0.307 e. The van der Waals surface area contributed by atoms with Crippen LogP contribution in [0.2, 0.25) is 0 Å². The number of pyridine rings is 2. The second kappa shape index (κ2) is 21.9. The molecule has 3 aromatic heterocycles. The predicted octanol–water partition coefficient (Wildman–Crippen LogP) is 8.92. The van der Waals surface area contributed by atoms with E-state index in [4.69, 9.17) is 39.8 Å². The summed E-state index contributed by atoms with van der Waals surface area (Å²) in [6.45, 7) is 23.3. The molecule has 0 saturated carbocycles. The number of hydrogen-bond donors (Lipinski definition) is 0. The summed E-state index contributed by atoms with van der Waals surface area (Å²) in [6.07, 6.45) is 13.0. The number of esters is 1. The first kappa shape index (κ1) is 48.6. The van der Waals surface area contributed by atoms with E-state index in [1.807, 2.05) is 62.0 Å². The number of ether oxygens (including phenoxy) is 6. The number of carbonyl (C=O) groups is 1. The minimum atomic E-state index is -1.28. The van der Waals surface area contributed by atoms with Crippen molar-refractivity contribution in [3.63, 3.8) is 0 Å². The third-order valence-electron chi connectivity index (χ3n) is 12.8. The number of rotatable bonds is 26. The first-order chi connectivity index (χ1) is 30.8. The Kier molecular flexibility index (Phi) is 16.6. The van der Waals surface area contributed by atoms with Crippen molar-refractivity contribution in [2.75, 3.05) is 39.6 Å². The molecule has 346 valence electrons. The number of carbonyl (C=O) groups excluding carboxylic acids is 1. The molecule has 0 radical (unpaired) electrons. The van der Waals surface area contributed by atoms with E-state index < -0.39 is 5.60 Å². The molecule has 0 aliphatic carbocycles. The second-order valence-corrected chi connectivity index (χ2v) is 18.5. The van der Waals surface area contributed by atoms with Gasteiger partial charge in [0.15, 0.2) is 5.60 Å². The lowest BCUT2D eigenvalue weighted by molar-refractivity contribution is -0.164. The molecule has 3 atom stereocenters. The normalized spacial score (nSPS) is 17.4. The van der Waals surface area contributed by atoms with Gasteiger partial charge in [-0.25, -0.2) is 4.98 Å². The molecular formula is C51H69N5O8. The van der Waals surface area contributed by atoms with Gasteiger partial charge >= 0.3 is 5.97 Å². The molecule has 0 spiro atoms. The molecule has 0 amide bonds. The molecule has 13 heteroatoms. The van der Waals surface area contributed by atoms with Crippen LogP contribution in [0.4, 0.5) is 0 Å². The number of benzene rings is 1. The Bertz CT molecular complexity index is 2330. The van der Waals surface area contributed by atoms with Gasteiger partial charge in [-0.05, 0) is 76.5 Å². The van der Waals surface area contributed by atoms with Crippen molar-refractivity contribution in [2.24, 2.45) is 16.7 Å². The summed E-state index contributed by atoms with van der Waals surface area (Å²) in [5.41, 5.74) is 3.28. The van der Waals surface area contributed by atoms with Crippen LogP contribution < -0.4 is 5.56 Å². The summed E-state index contributed by atoms with van der Waals surface area (Å²) >= 11 is 0. The third kappa shape index (κ3) is 11.3. The van der Waals surface area contributed by atoms with E-state index in [1.54, 1.807) is 4.57 Å². The van der Waals surface area contributed by atoms with Gasteiger partial charge in [0.25, 0.3) is 5.56 Å². The van der Waals surface area contributed by atoms with Crippen molar-refractivity contribution in [1.82, 2.24) is 24.5 Å². The van der Waals surface area contributed by atoms with E-state index in [0.29, 0.717) is 94.1 Å². The summed E-state index contributed by atoms with van der Waals surface area (Å²) < 4.78 is 40.5. The molecule has 6 rings (SSSR count). The van der Waals surface area contributed by atoms with Crippen molar-refractivity contribution < 1.29 is 33.2 Å². The summed E-state index contributed by atoms with van der Waals surface area (Å²) in [6, 6.07) is 12.0. The Morgan fingerprint density at radius 2 is 1.73 bits per heavy atom. The Labute approximate surface area is 379 Å². The Morgan fingerprint density at radius 1 is 0.984 bits per heavy atom. The number of aromatic nitrogens is 5. The van der Waals surface area contributed by atoms with E-state index in [9.17, 15) is 9.59 Å². The van der Waals surface area contributed by atoms with Gasteiger partial charge in [-0.1, -0.05) is 77.0 Å². The zero-order chi connectivity index (χ0) is 45.9. The molecule has 4 aromatic rings. The molecule has 0 N–H and O–H groups in total. The number of nitrogens with zero attached hydrogens (tertiary/aromatic N) is 5. The van der Waals surface area contributed by atoms with Crippen LogP contribution in [0.3, 0.4) is 0 Å². The molecule has 2 aliphatic rings. The van der Waals surface area contributed by atoms with E-state index in [2.05, 4.69) is 56.6 Å². The molecule has 1 aromatic carbocycles. The molecule has 2 unspecified atom stereocenters. The molecule has 13 nitrogen and oxygen atoms in total. The van der Waals surface area contributed by atoms with Gasteiger partial charge in [0.2, 0.25) is 0 Å².